The number of anilines is 6. The summed E-state index contributed by atoms with van der Waals surface area (Å²) in [6, 6.07) is 77.3. The van der Waals surface area contributed by atoms with Crippen LogP contribution in [0.25, 0.3) is 66.8 Å². The van der Waals surface area contributed by atoms with Gasteiger partial charge in [0.15, 0.2) is 0 Å². The molecule has 82 heavy (non-hydrogen) atoms. The number of rotatable bonds is 12. The Hall–Kier alpha value is -8.02. The molecule has 0 N–H and O–H groups in total. The van der Waals surface area contributed by atoms with Crippen molar-refractivity contribution in [2.75, 3.05) is 9.80 Å². The third-order valence-corrected chi connectivity index (χ3v) is 17.5. The Bertz CT molecular complexity index is 3900. The second-order valence-corrected chi connectivity index (χ2v) is 24.6. The zero-order chi connectivity index (χ0) is 57.7. The first-order valence-electron chi connectivity index (χ1n) is 28.4. The molecule has 0 atom stereocenters. The van der Waals surface area contributed by atoms with E-state index >= 15 is 0 Å². The minimum Gasteiger partial charge on any atom is -0.310 e. The van der Waals surface area contributed by atoms with Crippen LogP contribution in [0.2, 0.25) is 0 Å². The molecule has 11 aromatic rings. The predicted octanol–water partition coefficient (Wildman–Crippen LogP) is 23.9. The van der Waals surface area contributed by atoms with Gasteiger partial charge < -0.3 is 9.80 Å². The van der Waals surface area contributed by atoms with E-state index in [0.29, 0.717) is 0 Å². The zero-order valence-corrected chi connectivity index (χ0v) is 52.5. The predicted molar refractivity (Wildman–Crippen MR) is 361 cm³/mol. The average molecular weight is 1200 g/mol. The molecule has 0 bridgehead atoms. The van der Waals surface area contributed by atoms with Gasteiger partial charge in [0.2, 0.25) is 0 Å². The van der Waals surface area contributed by atoms with Crippen molar-refractivity contribution < 1.29 is 0 Å². The van der Waals surface area contributed by atoms with E-state index in [9.17, 15) is 0 Å². The van der Waals surface area contributed by atoms with E-state index in [1.165, 1.54) is 134 Å². The Kier molecular flexibility index (Phi) is 15.7. The van der Waals surface area contributed by atoms with Crippen LogP contribution in [0, 0.1) is 83.1 Å². The molecule has 0 aliphatic heterocycles. The summed E-state index contributed by atoms with van der Waals surface area (Å²) in [7, 11) is 0. The van der Waals surface area contributed by atoms with Gasteiger partial charge in [-0.05, 0) is 303 Å². The van der Waals surface area contributed by atoms with Crippen LogP contribution in [0.5, 0.6) is 0 Å². The van der Waals surface area contributed by atoms with Gasteiger partial charge in [-0.2, -0.15) is 0 Å². The molecule has 0 aliphatic rings. The van der Waals surface area contributed by atoms with E-state index in [1.54, 1.807) is 0 Å². The van der Waals surface area contributed by atoms with Crippen molar-refractivity contribution in [3.05, 3.63) is 282 Å². The highest BCUT2D eigenvalue weighted by Crippen LogP contribution is 2.45. The second kappa shape index (κ2) is 23.1. The number of hydrogen-bond acceptors (Lipinski definition) is 2. The highest BCUT2D eigenvalue weighted by Gasteiger charge is 2.21. The van der Waals surface area contributed by atoms with Crippen LogP contribution in [0.1, 0.15) is 66.8 Å². The lowest BCUT2D eigenvalue weighted by atomic mass is 9.88. The smallest absolute Gasteiger partial charge is 0.0464 e. The van der Waals surface area contributed by atoms with Crippen LogP contribution in [0.15, 0.2) is 215 Å². The fraction of sp³-hybridized carbons (Fsp3) is 0.154. The van der Waals surface area contributed by atoms with E-state index in [2.05, 4.69) is 331 Å². The highest BCUT2D eigenvalue weighted by molar-refractivity contribution is 9.10. The van der Waals surface area contributed by atoms with E-state index in [-0.39, 0.29) is 0 Å². The van der Waals surface area contributed by atoms with Crippen molar-refractivity contribution >= 4 is 66.0 Å². The molecule has 0 radical (unpaired) electrons. The van der Waals surface area contributed by atoms with Gasteiger partial charge in [0.05, 0.1) is 0 Å². The molecular formula is C78H70Br2N2. The summed E-state index contributed by atoms with van der Waals surface area (Å²) >= 11 is 7.41. The van der Waals surface area contributed by atoms with Gasteiger partial charge in [0.1, 0.15) is 0 Å². The van der Waals surface area contributed by atoms with Crippen molar-refractivity contribution in [1.82, 2.24) is 0 Å². The molecule has 0 saturated carbocycles. The Morgan fingerprint density at radius 2 is 0.451 bits per heavy atom. The summed E-state index contributed by atoms with van der Waals surface area (Å²) in [4.78, 5) is 4.82. The number of halogens is 2. The van der Waals surface area contributed by atoms with Crippen molar-refractivity contribution in [1.29, 1.82) is 0 Å². The van der Waals surface area contributed by atoms with Crippen LogP contribution >= 0.6 is 31.9 Å². The summed E-state index contributed by atoms with van der Waals surface area (Å²) < 4.78 is 2.21. The molecule has 0 fully saturated rings. The van der Waals surface area contributed by atoms with E-state index in [4.69, 9.17) is 0 Å². The van der Waals surface area contributed by atoms with Gasteiger partial charge >= 0.3 is 0 Å². The van der Waals surface area contributed by atoms with Crippen molar-refractivity contribution in [3.63, 3.8) is 0 Å². The first kappa shape index (κ1) is 55.9. The zero-order valence-electron chi connectivity index (χ0n) is 49.3. The molecule has 0 amide bonds. The van der Waals surface area contributed by atoms with Crippen LogP contribution < -0.4 is 9.80 Å². The van der Waals surface area contributed by atoms with Crippen LogP contribution in [-0.4, -0.2) is 0 Å². The quantitative estimate of drug-likeness (QED) is 0.120. The molecule has 0 aromatic heterocycles. The fourth-order valence-corrected chi connectivity index (χ4v) is 13.8. The van der Waals surface area contributed by atoms with Crippen LogP contribution in [0.3, 0.4) is 0 Å². The van der Waals surface area contributed by atoms with E-state index in [0.717, 1.165) is 43.1 Å². The summed E-state index contributed by atoms with van der Waals surface area (Å²) in [5, 5.41) is 0. The fourth-order valence-electron chi connectivity index (χ4n) is 12.4. The highest BCUT2D eigenvalue weighted by atomic mass is 79.9. The summed E-state index contributed by atoms with van der Waals surface area (Å²) in [6.45, 7) is 26.6. The molecule has 0 heterocycles. The van der Waals surface area contributed by atoms with Gasteiger partial charge in [-0.25, -0.2) is 0 Å². The Balaban J connectivity index is 0.934. The lowest BCUT2D eigenvalue weighted by molar-refractivity contribution is 1.25. The Morgan fingerprint density at radius 3 is 0.732 bits per heavy atom. The Morgan fingerprint density at radius 1 is 0.207 bits per heavy atom. The second-order valence-electron chi connectivity index (χ2n) is 22.8. The lowest BCUT2D eigenvalue weighted by Gasteiger charge is -2.28. The summed E-state index contributed by atoms with van der Waals surface area (Å²) in [5.41, 5.74) is 36.6. The van der Waals surface area contributed by atoms with Gasteiger partial charge in [0.25, 0.3) is 0 Å². The minimum absolute atomic E-state index is 1.11. The molecule has 0 spiro atoms. The molecule has 2 nitrogen and oxygen atoms in total. The van der Waals surface area contributed by atoms with Crippen LogP contribution in [-0.2, 0) is 0 Å². The third kappa shape index (κ3) is 11.2. The molecule has 11 rings (SSSR count). The SMILES string of the molecule is Cc1ccc(-c2ccc(N(c3ccc(-c4c(C)cc(Br)cc4C)cc3)c3ccc(-c4cc(C)c(-c5ccc(N(c6ccc(-c7c(C)cc(Br)cc7C)cc6)c6ccc(-c7ccc(C)cc7)c(C)c6)cc5C)cc4C)c(C)c3)cc2C)cc1. The molecule has 0 unspecified atom stereocenters. The number of aryl methyl sites for hydroxylation is 12. The van der Waals surface area contributed by atoms with Gasteiger partial charge in [-0.1, -0.05) is 152 Å². The summed E-state index contributed by atoms with van der Waals surface area (Å²) in [6.07, 6.45) is 0. The molecular weight excluding hydrogens is 1120 g/mol. The summed E-state index contributed by atoms with van der Waals surface area (Å²) in [5.74, 6) is 0. The largest absolute Gasteiger partial charge is 0.310 e. The maximum absolute atomic E-state index is 3.71. The van der Waals surface area contributed by atoms with E-state index in [1.807, 2.05) is 0 Å². The van der Waals surface area contributed by atoms with Gasteiger partial charge in [0, 0.05) is 43.1 Å². The first-order chi connectivity index (χ1) is 39.4. The molecule has 0 aliphatic carbocycles. The lowest BCUT2D eigenvalue weighted by Crippen LogP contribution is -2.11. The standard InChI is InChI=1S/C78H70Br2N2/c1-47-13-17-59(18-14-47)71-33-29-67(41-49(71)3)81(65-25-21-61(22-26-65)77-55(9)37-63(79)38-56(77)10)69-31-35-73(51(5)43-69)75-45-54(8)76(46-53(75)7)74-36-32-70(44-52(74)6)82(68-30-34-72(50(4)42-68)60-19-15-48(2)16-20-60)66-27-23-62(24-28-66)78-57(11)39-64(80)40-58(78)12/h13-46H,1-12H3. The van der Waals surface area contributed by atoms with Gasteiger partial charge in [-0.15, -0.1) is 0 Å². The average Bonchev–Trinajstić information content (AvgIpc) is 3.53. The van der Waals surface area contributed by atoms with Gasteiger partial charge in [-0.3, -0.25) is 0 Å². The number of hydrogen-bond donors (Lipinski definition) is 0. The maximum atomic E-state index is 3.71. The number of benzene rings is 11. The number of nitrogens with zero attached hydrogens (tertiary/aromatic N) is 2. The molecule has 4 heteroatoms. The monoisotopic (exact) mass is 1190 g/mol. The minimum atomic E-state index is 1.11. The van der Waals surface area contributed by atoms with Crippen LogP contribution in [0.4, 0.5) is 34.1 Å². The van der Waals surface area contributed by atoms with Crippen molar-refractivity contribution in [2.45, 2.75) is 83.1 Å². The van der Waals surface area contributed by atoms with Crippen molar-refractivity contribution in [3.8, 4) is 66.8 Å². The first-order valence-corrected chi connectivity index (χ1v) is 30.0. The topological polar surface area (TPSA) is 6.48 Å². The molecule has 0 saturated heterocycles. The third-order valence-electron chi connectivity index (χ3n) is 16.6. The van der Waals surface area contributed by atoms with E-state index < -0.39 is 0 Å². The molecule has 11 aromatic carbocycles. The Labute approximate surface area is 504 Å². The maximum Gasteiger partial charge on any atom is 0.0464 e. The normalized spacial score (nSPS) is 11.3. The molecule has 406 valence electrons. The van der Waals surface area contributed by atoms with Crippen molar-refractivity contribution in [2.24, 2.45) is 0 Å².